The third-order valence-corrected chi connectivity index (χ3v) is 5.93. The number of likely N-dealkylation sites (tertiary alicyclic amines) is 1. The molecule has 3 rings (SSSR count). The summed E-state index contributed by atoms with van der Waals surface area (Å²) >= 11 is 0. The first-order chi connectivity index (χ1) is 14.3. The fourth-order valence-corrected chi connectivity index (χ4v) is 4.32. The standard InChI is InChI=1S/C22H35N5O3/c1-5-6-12-26-20-19(21(29)24-22(26)30)27(14-15(2)3)17(23-20)10-11-18(28)25-13-8-7-9-16(25)4/h15-16H,5-14H2,1-4H3,(H,24,29,30)/t16-/m1/s1. The molecule has 8 heteroatoms. The minimum Gasteiger partial charge on any atom is -0.340 e. The Morgan fingerprint density at radius 2 is 2.00 bits per heavy atom. The summed E-state index contributed by atoms with van der Waals surface area (Å²) in [4.78, 5) is 47.0. The van der Waals surface area contributed by atoms with Gasteiger partial charge in [-0.3, -0.25) is 19.1 Å². The van der Waals surface area contributed by atoms with Crippen LogP contribution < -0.4 is 11.2 Å². The van der Waals surface area contributed by atoms with Gasteiger partial charge in [0.1, 0.15) is 5.82 Å². The van der Waals surface area contributed by atoms with E-state index in [0.717, 1.165) is 32.2 Å². The lowest BCUT2D eigenvalue weighted by atomic mass is 10.0. The molecule has 1 atom stereocenters. The second kappa shape index (κ2) is 9.62. The summed E-state index contributed by atoms with van der Waals surface area (Å²) in [5, 5.41) is 0. The second-order valence-corrected chi connectivity index (χ2v) is 8.90. The van der Waals surface area contributed by atoms with Crippen LogP contribution in [0.15, 0.2) is 9.59 Å². The maximum Gasteiger partial charge on any atom is 0.330 e. The zero-order chi connectivity index (χ0) is 21.8. The van der Waals surface area contributed by atoms with Gasteiger partial charge in [-0.15, -0.1) is 0 Å². The first kappa shape index (κ1) is 22.3. The number of piperidine rings is 1. The van der Waals surface area contributed by atoms with Crippen LogP contribution >= 0.6 is 0 Å². The lowest BCUT2D eigenvalue weighted by molar-refractivity contribution is -0.134. The van der Waals surface area contributed by atoms with Crippen LogP contribution in [-0.4, -0.2) is 42.5 Å². The van der Waals surface area contributed by atoms with Gasteiger partial charge < -0.3 is 9.47 Å². The van der Waals surface area contributed by atoms with Crippen molar-refractivity contribution in [1.82, 2.24) is 24.0 Å². The summed E-state index contributed by atoms with van der Waals surface area (Å²) in [6.07, 6.45) is 5.88. The summed E-state index contributed by atoms with van der Waals surface area (Å²) in [5.41, 5.74) is 0.0536. The average Bonchev–Trinajstić information content (AvgIpc) is 3.04. The number of aromatic amines is 1. The quantitative estimate of drug-likeness (QED) is 0.715. The van der Waals surface area contributed by atoms with Crippen LogP contribution in [0.25, 0.3) is 11.2 Å². The first-order valence-corrected chi connectivity index (χ1v) is 11.3. The maximum atomic E-state index is 12.8. The molecule has 2 aromatic rings. The minimum absolute atomic E-state index is 0.141. The smallest absolute Gasteiger partial charge is 0.330 e. The molecular weight excluding hydrogens is 382 g/mol. The lowest BCUT2D eigenvalue weighted by Gasteiger charge is -2.33. The number of hydrogen-bond acceptors (Lipinski definition) is 4. The van der Waals surface area contributed by atoms with Gasteiger partial charge in [0.25, 0.3) is 5.56 Å². The molecule has 1 saturated heterocycles. The van der Waals surface area contributed by atoms with Crippen molar-refractivity contribution in [2.75, 3.05) is 6.54 Å². The van der Waals surface area contributed by atoms with E-state index in [2.05, 4.69) is 32.7 Å². The Labute approximate surface area is 177 Å². The number of unbranched alkanes of at least 4 members (excludes halogenated alkanes) is 1. The molecule has 3 heterocycles. The summed E-state index contributed by atoms with van der Waals surface area (Å²) in [5.74, 6) is 1.15. The Balaban J connectivity index is 1.96. The van der Waals surface area contributed by atoms with E-state index >= 15 is 0 Å². The number of rotatable bonds is 8. The highest BCUT2D eigenvalue weighted by atomic mass is 16.2. The number of H-pyrrole nitrogens is 1. The second-order valence-electron chi connectivity index (χ2n) is 8.90. The molecule has 30 heavy (non-hydrogen) atoms. The van der Waals surface area contributed by atoms with Crippen LogP contribution in [0.5, 0.6) is 0 Å². The van der Waals surface area contributed by atoms with E-state index in [0.29, 0.717) is 48.8 Å². The van der Waals surface area contributed by atoms with Crippen LogP contribution in [0, 0.1) is 5.92 Å². The van der Waals surface area contributed by atoms with Gasteiger partial charge in [0.15, 0.2) is 11.2 Å². The average molecular weight is 418 g/mol. The minimum atomic E-state index is -0.417. The number of aryl methyl sites for hydroxylation is 2. The van der Waals surface area contributed by atoms with Crippen LogP contribution in [0.1, 0.15) is 72.0 Å². The molecule has 0 spiro atoms. The van der Waals surface area contributed by atoms with Gasteiger partial charge in [0.2, 0.25) is 5.91 Å². The van der Waals surface area contributed by atoms with E-state index in [1.807, 2.05) is 9.47 Å². The number of nitrogens with one attached hydrogen (secondary N) is 1. The Hall–Kier alpha value is -2.38. The highest BCUT2D eigenvalue weighted by molar-refractivity contribution is 5.77. The number of amides is 1. The van der Waals surface area contributed by atoms with Gasteiger partial charge in [-0.1, -0.05) is 27.2 Å². The largest absolute Gasteiger partial charge is 0.340 e. The van der Waals surface area contributed by atoms with Crippen molar-refractivity contribution in [3.63, 3.8) is 0 Å². The van der Waals surface area contributed by atoms with Gasteiger partial charge in [-0.25, -0.2) is 9.78 Å². The Morgan fingerprint density at radius 3 is 2.67 bits per heavy atom. The summed E-state index contributed by atoms with van der Waals surface area (Å²) < 4.78 is 3.47. The SMILES string of the molecule is CCCCn1c(=O)[nH]c(=O)c2c1nc(CCC(=O)N1CCCC[C@H]1C)n2CC(C)C. The third kappa shape index (κ3) is 4.68. The zero-order valence-corrected chi connectivity index (χ0v) is 18.7. The fraction of sp³-hybridized carbons (Fsp3) is 0.727. The van der Waals surface area contributed by atoms with E-state index in [-0.39, 0.29) is 11.9 Å². The molecule has 0 saturated carbocycles. The predicted molar refractivity (Wildman–Crippen MR) is 118 cm³/mol. The van der Waals surface area contributed by atoms with Gasteiger partial charge in [0, 0.05) is 38.5 Å². The van der Waals surface area contributed by atoms with E-state index in [4.69, 9.17) is 4.98 Å². The van der Waals surface area contributed by atoms with E-state index in [1.165, 1.54) is 6.42 Å². The molecule has 0 aromatic carbocycles. The molecule has 0 unspecified atom stereocenters. The number of carbonyl (C=O) groups is 1. The van der Waals surface area contributed by atoms with Crippen molar-refractivity contribution in [3.8, 4) is 0 Å². The highest BCUT2D eigenvalue weighted by Gasteiger charge is 2.24. The lowest BCUT2D eigenvalue weighted by Crippen LogP contribution is -2.42. The number of imidazole rings is 1. The van der Waals surface area contributed by atoms with Gasteiger partial charge in [-0.05, 0) is 38.5 Å². The molecule has 8 nitrogen and oxygen atoms in total. The van der Waals surface area contributed by atoms with Crippen molar-refractivity contribution in [3.05, 3.63) is 26.7 Å². The number of nitrogens with zero attached hydrogens (tertiary/aromatic N) is 4. The van der Waals surface area contributed by atoms with Crippen molar-refractivity contribution in [2.45, 2.75) is 91.8 Å². The molecule has 2 aromatic heterocycles. The number of hydrogen-bond donors (Lipinski definition) is 1. The molecule has 1 amide bonds. The van der Waals surface area contributed by atoms with E-state index in [1.54, 1.807) is 4.57 Å². The van der Waals surface area contributed by atoms with Crippen molar-refractivity contribution in [1.29, 1.82) is 0 Å². The maximum absolute atomic E-state index is 12.8. The van der Waals surface area contributed by atoms with Crippen LogP contribution in [0.4, 0.5) is 0 Å². The molecule has 1 aliphatic rings. The molecule has 0 bridgehead atoms. The molecule has 1 N–H and O–H groups in total. The molecular formula is C22H35N5O3. The van der Waals surface area contributed by atoms with Crippen LogP contribution in [0.3, 0.4) is 0 Å². The normalized spacial score (nSPS) is 17.2. The molecule has 166 valence electrons. The molecule has 1 fully saturated rings. The number of fused-ring (bicyclic) bond motifs is 1. The van der Waals surface area contributed by atoms with Crippen molar-refractivity contribution >= 4 is 17.1 Å². The molecule has 0 radical (unpaired) electrons. The van der Waals surface area contributed by atoms with Crippen molar-refractivity contribution in [2.24, 2.45) is 5.92 Å². The Bertz CT molecular complexity index is 1000. The summed E-state index contributed by atoms with van der Waals surface area (Å²) in [6.45, 7) is 10.3. The van der Waals surface area contributed by atoms with Crippen LogP contribution in [-0.2, 0) is 24.3 Å². The van der Waals surface area contributed by atoms with Crippen molar-refractivity contribution < 1.29 is 4.79 Å². The first-order valence-electron chi connectivity index (χ1n) is 11.3. The molecule has 0 aliphatic carbocycles. The summed E-state index contributed by atoms with van der Waals surface area (Å²) in [6, 6.07) is 0.280. The zero-order valence-electron chi connectivity index (χ0n) is 18.7. The number of carbonyl (C=O) groups excluding carboxylic acids is 1. The van der Waals surface area contributed by atoms with Gasteiger partial charge in [0.05, 0.1) is 0 Å². The van der Waals surface area contributed by atoms with Gasteiger partial charge in [-0.2, -0.15) is 0 Å². The summed E-state index contributed by atoms with van der Waals surface area (Å²) in [7, 11) is 0. The third-order valence-electron chi connectivity index (χ3n) is 5.93. The molecule has 1 aliphatic heterocycles. The Morgan fingerprint density at radius 1 is 1.23 bits per heavy atom. The Kier molecular flexibility index (Phi) is 7.15. The predicted octanol–water partition coefficient (Wildman–Crippen LogP) is 2.68. The van der Waals surface area contributed by atoms with Crippen LogP contribution in [0.2, 0.25) is 0 Å². The highest BCUT2D eigenvalue weighted by Crippen LogP contribution is 2.20. The monoisotopic (exact) mass is 417 g/mol. The topological polar surface area (TPSA) is 93.0 Å². The van der Waals surface area contributed by atoms with E-state index in [9.17, 15) is 14.4 Å². The van der Waals surface area contributed by atoms with Gasteiger partial charge >= 0.3 is 5.69 Å². The van der Waals surface area contributed by atoms with E-state index < -0.39 is 11.2 Å². The number of aromatic nitrogens is 4. The fourth-order valence-electron chi connectivity index (χ4n) is 4.32.